The highest BCUT2D eigenvalue weighted by Crippen LogP contribution is 2.20. The van der Waals surface area contributed by atoms with E-state index in [1.54, 1.807) is 12.4 Å². The molecule has 2 atom stereocenters. The largest absolute Gasteiger partial charge is 0.377 e. The molecule has 1 aromatic carbocycles. The molecule has 3 aromatic rings. The summed E-state index contributed by atoms with van der Waals surface area (Å²) >= 11 is 0. The number of nitrogens with zero attached hydrogens (tertiary/aromatic N) is 3. The van der Waals surface area contributed by atoms with Gasteiger partial charge in [-0.3, -0.25) is 10.1 Å². The quantitative estimate of drug-likeness (QED) is 0.457. The van der Waals surface area contributed by atoms with E-state index in [1.165, 1.54) is 0 Å². The van der Waals surface area contributed by atoms with Crippen LogP contribution in [0.5, 0.6) is 0 Å². The smallest absolute Gasteiger partial charge is 0.181 e. The van der Waals surface area contributed by atoms with E-state index in [2.05, 4.69) is 25.8 Å². The Morgan fingerprint density at radius 2 is 1.83 bits per heavy atom. The Kier molecular flexibility index (Phi) is 11.7. The van der Waals surface area contributed by atoms with Crippen molar-refractivity contribution in [1.29, 1.82) is 0 Å². The number of para-hydroxylation sites is 1. The van der Waals surface area contributed by atoms with E-state index in [1.807, 2.05) is 42.5 Å². The minimum Gasteiger partial charge on any atom is -0.377 e. The van der Waals surface area contributed by atoms with Crippen molar-refractivity contribution in [3.63, 3.8) is 0 Å². The van der Waals surface area contributed by atoms with Gasteiger partial charge in [0.05, 0.1) is 12.1 Å². The zero-order chi connectivity index (χ0) is 18.3. The molecule has 1 aliphatic heterocycles. The van der Waals surface area contributed by atoms with Crippen LogP contribution >= 0.6 is 37.2 Å². The van der Waals surface area contributed by atoms with Crippen LogP contribution in [-0.4, -0.2) is 46.0 Å². The molecule has 0 bridgehead atoms. The predicted octanol–water partition coefficient (Wildman–Crippen LogP) is 4.05. The van der Waals surface area contributed by atoms with Crippen LogP contribution in [-0.2, 0) is 4.74 Å². The summed E-state index contributed by atoms with van der Waals surface area (Å²) in [7, 11) is 0. The Labute approximate surface area is 195 Å². The van der Waals surface area contributed by atoms with Gasteiger partial charge in [-0.05, 0) is 37.1 Å². The number of aromatic nitrogens is 4. The van der Waals surface area contributed by atoms with E-state index in [0.717, 1.165) is 49.6 Å². The molecule has 7 nitrogen and oxygen atoms in total. The average Bonchev–Trinajstić information content (AvgIpc) is 3.41. The number of aromatic amines is 1. The first kappa shape index (κ1) is 26.1. The molecule has 1 aliphatic rings. The highest BCUT2D eigenvalue weighted by molar-refractivity contribution is 5.86. The van der Waals surface area contributed by atoms with E-state index in [0.29, 0.717) is 11.9 Å². The molecule has 164 valence electrons. The molecule has 1 fully saturated rings. The summed E-state index contributed by atoms with van der Waals surface area (Å²) in [5.41, 5.74) is 1.99. The van der Waals surface area contributed by atoms with Crippen molar-refractivity contribution in [2.75, 3.05) is 25.0 Å². The highest BCUT2D eigenvalue weighted by atomic mass is 35.5. The van der Waals surface area contributed by atoms with Crippen LogP contribution in [0.4, 0.5) is 5.69 Å². The van der Waals surface area contributed by atoms with Crippen molar-refractivity contribution in [3.05, 3.63) is 60.7 Å². The number of halogens is 3. The maximum atomic E-state index is 5.70. The van der Waals surface area contributed by atoms with Crippen LogP contribution in [0.15, 0.2) is 54.9 Å². The summed E-state index contributed by atoms with van der Waals surface area (Å²) in [6.45, 7) is 2.44. The Balaban J connectivity index is 0.00000150. The zero-order valence-electron chi connectivity index (χ0n) is 16.4. The fraction of sp³-hybridized carbons (Fsp3) is 0.350. The minimum atomic E-state index is -0.0307. The number of rotatable bonds is 8. The summed E-state index contributed by atoms with van der Waals surface area (Å²) in [6, 6.07) is 13.9. The first-order chi connectivity index (χ1) is 13.4. The van der Waals surface area contributed by atoms with E-state index < -0.39 is 0 Å². The third-order valence-electron chi connectivity index (χ3n) is 4.63. The summed E-state index contributed by atoms with van der Waals surface area (Å²) < 4.78 is 5.70. The van der Waals surface area contributed by atoms with Gasteiger partial charge >= 0.3 is 0 Å². The van der Waals surface area contributed by atoms with Crippen molar-refractivity contribution < 1.29 is 4.74 Å². The first-order valence-corrected chi connectivity index (χ1v) is 9.35. The summed E-state index contributed by atoms with van der Waals surface area (Å²) in [4.78, 5) is 8.75. The lowest BCUT2D eigenvalue weighted by Gasteiger charge is -2.19. The third kappa shape index (κ3) is 7.11. The fourth-order valence-electron chi connectivity index (χ4n) is 3.21. The number of H-pyrrole nitrogens is 1. The lowest BCUT2D eigenvalue weighted by atomic mass is 10.2. The molecule has 0 aliphatic carbocycles. The Bertz CT molecular complexity index is 831. The van der Waals surface area contributed by atoms with Gasteiger partial charge in [-0.15, -0.1) is 37.2 Å². The second kappa shape index (κ2) is 13.4. The molecule has 0 radical (unpaired) electrons. The molecule has 0 saturated carbocycles. The van der Waals surface area contributed by atoms with Crippen LogP contribution in [0.25, 0.3) is 11.4 Å². The van der Waals surface area contributed by atoms with Crippen molar-refractivity contribution in [2.45, 2.75) is 25.0 Å². The monoisotopic (exact) mass is 472 g/mol. The maximum absolute atomic E-state index is 5.70. The van der Waals surface area contributed by atoms with Gasteiger partial charge in [-0.2, -0.15) is 5.10 Å². The molecule has 3 N–H and O–H groups in total. The van der Waals surface area contributed by atoms with Gasteiger partial charge in [0.25, 0.3) is 0 Å². The molecule has 2 aromatic heterocycles. The molecule has 1 unspecified atom stereocenters. The number of nitrogens with one attached hydrogen (secondary N) is 3. The van der Waals surface area contributed by atoms with Crippen LogP contribution < -0.4 is 10.6 Å². The summed E-state index contributed by atoms with van der Waals surface area (Å²) in [5.74, 6) is 1.47. The Morgan fingerprint density at radius 1 is 1.07 bits per heavy atom. The van der Waals surface area contributed by atoms with Gasteiger partial charge in [0, 0.05) is 43.3 Å². The molecule has 0 amide bonds. The number of hydrogen-bond acceptors (Lipinski definition) is 6. The lowest BCUT2D eigenvalue weighted by molar-refractivity contribution is 0.110. The van der Waals surface area contributed by atoms with E-state index in [9.17, 15) is 0 Å². The van der Waals surface area contributed by atoms with Gasteiger partial charge in [0.1, 0.15) is 5.82 Å². The Morgan fingerprint density at radius 3 is 2.53 bits per heavy atom. The van der Waals surface area contributed by atoms with Gasteiger partial charge in [0.15, 0.2) is 5.82 Å². The van der Waals surface area contributed by atoms with Crippen molar-refractivity contribution in [1.82, 2.24) is 25.5 Å². The molecule has 10 heteroatoms. The number of ether oxygens (including phenoxy) is 1. The van der Waals surface area contributed by atoms with Crippen LogP contribution in [0.2, 0.25) is 0 Å². The van der Waals surface area contributed by atoms with Crippen LogP contribution in [0, 0.1) is 0 Å². The maximum Gasteiger partial charge on any atom is 0.181 e. The molecule has 4 rings (SSSR count). The number of hydrogen-bond donors (Lipinski definition) is 3. The van der Waals surface area contributed by atoms with Crippen molar-refractivity contribution >= 4 is 42.9 Å². The van der Waals surface area contributed by atoms with Gasteiger partial charge in [-0.1, -0.05) is 18.2 Å². The fourth-order valence-corrected chi connectivity index (χ4v) is 3.21. The molecule has 1 saturated heterocycles. The van der Waals surface area contributed by atoms with E-state index >= 15 is 0 Å². The lowest BCUT2D eigenvalue weighted by Crippen LogP contribution is -2.32. The number of pyridine rings is 1. The van der Waals surface area contributed by atoms with Gasteiger partial charge < -0.3 is 15.4 Å². The molecule has 3 heterocycles. The predicted molar refractivity (Wildman–Crippen MR) is 126 cm³/mol. The van der Waals surface area contributed by atoms with Crippen molar-refractivity contribution in [2.24, 2.45) is 0 Å². The number of benzene rings is 1. The second-order valence-corrected chi connectivity index (χ2v) is 6.64. The standard InChI is InChI=1S/C20H24N6O.3ClH/c1-2-5-16(6-3-1)23-18(14-22-13-17-7-4-12-27-17)20-24-19(25-26-20)15-8-10-21-11-9-15;;;/h1-3,5-6,8-11,17-18,22-23H,4,7,12-14H2,(H,24,25,26);3*1H/t17-,18?;;;/m1.../s1. The molecule has 30 heavy (non-hydrogen) atoms. The summed E-state index contributed by atoms with van der Waals surface area (Å²) in [5, 5.41) is 14.5. The molecular formula is C20H27Cl3N6O. The van der Waals surface area contributed by atoms with Crippen molar-refractivity contribution in [3.8, 4) is 11.4 Å². The van der Waals surface area contributed by atoms with E-state index in [4.69, 9.17) is 9.72 Å². The Hall–Kier alpha value is -1.90. The van der Waals surface area contributed by atoms with Gasteiger partial charge in [0.2, 0.25) is 0 Å². The summed E-state index contributed by atoms with van der Waals surface area (Å²) in [6.07, 6.45) is 6.07. The topological polar surface area (TPSA) is 87.8 Å². The van der Waals surface area contributed by atoms with Crippen LogP contribution in [0.1, 0.15) is 24.7 Å². The normalized spacial score (nSPS) is 15.9. The molecule has 0 spiro atoms. The number of anilines is 1. The SMILES string of the molecule is Cl.Cl.Cl.c1ccc(NC(CNC[C@H]2CCCO2)c2nc(-c3ccncc3)n[nH]2)cc1. The van der Waals surface area contributed by atoms with E-state index in [-0.39, 0.29) is 43.3 Å². The highest BCUT2D eigenvalue weighted by Gasteiger charge is 2.19. The third-order valence-corrected chi connectivity index (χ3v) is 4.63. The minimum absolute atomic E-state index is 0. The second-order valence-electron chi connectivity index (χ2n) is 6.64. The zero-order valence-corrected chi connectivity index (χ0v) is 18.8. The average molecular weight is 474 g/mol. The first-order valence-electron chi connectivity index (χ1n) is 9.35. The van der Waals surface area contributed by atoms with Gasteiger partial charge in [-0.25, -0.2) is 4.98 Å². The molecular weight excluding hydrogens is 447 g/mol. The van der Waals surface area contributed by atoms with Crippen LogP contribution in [0.3, 0.4) is 0 Å².